The van der Waals surface area contributed by atoms with Crippen LogP contribution in [-0.2, 0) is 9.53 Å². The molecule has 0 aromatic carbocycles. The molecule has 0 heterocycles. The molecule has 10 heavy (non-hydrogen) atoms. The fourth-order valence-corrected chi connectivity index (χ4v) is 0.576. The minimum absolute atomic E-state index is 0.220. The lowest BCUT2D eigenvalue weighted by atomic mass is 10.3. The number of ether oxygens (including phenoxy) is 1. The predicted octanol–water partition coefficient (Wildman–Crippen LogP) is 1.35. The third-order valence-corrected chi connectivity index (χ3v) is 0.984. The maximum Gasteiger partial charge on any atom is 0.303 e. The highest BCUT2D eigenvalue weighted by atomic mass is 16.5. The summed E-state index contributed by atoms with van der Waals surface area (Å²) in [4.78, 5) is 10.4. The molecule has 1 unspecified atom stereocenters. The Morgan fingerprint density at radius 3 is 2.60 bits per heavy atom. The van der Waals surface area contributed by atoms with Crippen molar-refractivity contribution in [1.29, 1.82) is 0 Å². The molecule has 0 spiro atoms. The maximum atomic E-state index is 10.4. The highest BCUT2D eigenvalue weighted by molar-refractivity contribution is 5.66. The molecule has 0 aliphatic carbocycles. The molecule has 0 amide bonds. The summed E-state index contributed by atoms with van der Waals surface area (Å²) in [5.74, 6) is 5.20. The van der Waals surface area contributed by atoms with E-state index in [9.17, 15) is 4.79 Å². The van der Waals surface area contributed by atoms with Gasteiger partial charge in [0.25, 0.3) is 0 Å². The minimum Gasteiger partial charge on any atom is -0.449 e. The molecule has 0 fully saturated rings. The fraction of sp³-hybridized carbons (Fsp3) is 0.625. The summed E-state index contributed by atoms with van der Waals surface area (Å²) in [6, 6.07) is 0. The number of carbonyl (C=O) groups is 1. The smallest absolute Gasteiger partial charge is 0.303 e. The van der Waals surface area contributed by atoms with E-state index in [0.717, 1.165) is 6.42 Å². The van der Waals surface area contributed by atoms with Crippen LogP contribution in [-0.4, -0.2) is 12.1 Å². The number of rotatable bonds is 2. The molecule has 2 heteroatoms. The van der Waals surface area contributed by atoms with Gasteiger partial charge < -0.3 is 4.74 Å². The monoisotopic (exact) mass is 140 g/mol. The van der Waals surface area contributed by atoms with Crippen LogP contribution >= 0.6 is 0 Å². The molecule has 0 aromatic heterocycles. The average molecular weight is 140 g/mol. The molecular formula is C8H12O2. The molecule has 0 radical (unpaired) electrons. The fourth-order valence-electron chi connectivity index (χ4n) is 0.576. The van der Waals surface area contributed by atoms with Crippen molar-refractivity contribution in [1.82, 2.24) is 0 Å². The van der Waals surface area contributed by atoms with E-state index in [1.54, 1.807) is 6.92 Å². The molecular weight excluding hydrogens is 128 g/mol. The van der Waals surface area contributed by atoms with Crippen molar-refractivity contribution in [2.24, 2.45) is 0 Å². The van der Waals surface area contributed by atoms with E-state index in [1.165, 1.54) is 6.92 Å². The van der Waals surface area contributed by atoms with E-state index in [1.807, 2.05) is 6.92 Å². The largest absolute Gasteiger partial charge is 0.449 e. The van der Waals surface area contributed by atoms with Crippen molar-refractivity contribution < 1.29 is 9.53 Å². The Bertz CT molecular complexity index is 162. The van der Waals surface area contributed by atoms with Crippen molar-refractivity contribution in [3.05, 3.63) is 0 Å². The van der Waals surface area contributed by atoms with Gasteiger partial charge in [-0.1, -0.05) is 12.8 Å². The second-order valence-corrected chi connectivity index (χ2v) is 1.90. The standard InChI is InChI=1S/C8H12O2/c1-4-6-8(5-2)10-7(3)9/h8H,5H2,1-3H3. The summed E-state index contributed by atoms with van der Waals surface area (Å²) in [6.45, 7) is 5.05. The molecule has 1 atom stereocenters. The highest BCUT2D eigenvalue weighted by Crippen LogP contribution is 1.95. The summed E-state index contributed by atoms with van der Waals surface area (Å²) in [6.07, 6.45) is 0.531. The van der Waals surface area contributed by atoms with Crippen molar-refractivity contribution >= 4 is 5.97 Å². The third kappa shape index (κ3) is 3.96. The van der Waals surface area contributed by atoms with Crippen LogP contribution in [0.1, 0.15) is 27.2 Å². The summed E-state index contributed by atoms with van der Waals surface area (Å²) in [5.41, 5.74) is 0. The van der Waals surface area contributed by atoms with E-state index in [-0.39, 0.29) is 12.1 Å². The molecule has 0 rings (SSSR count). The van der Waals surface area contributed by atoms with Gasteiger partial charge in [0, 0.05) is 6.92 Å². The van der Waals surface area contributed by atoms with E-state index in [4.69, 9.17) is 4.74 Å². The summed E-state index contributed by atoms with van der Waals surface area (Å²) < 4.78 is 4.83. The Labute approximate surface area is 61.6 Å². The molecule has 0 bridgehead atoms. The zero-order chi connectivity index (χ0) is 7.98. The second kappa shape index (κ2) is 4.87. The van der Waals surface area contributed by atoms with Crippen molar-refractivity contribution in [3.63, 3.8) is 0 Å². The highest BCUT2D eigenvalue weighted by Gasteiger charge is 2.03. The Kier molecular flexibility index (Phi) is 4.39. The van der Waals surface area contributed by atoms with Gasteiger partial charge in [0.15, 0.2) is 6.10 Å². The zero-order valence-electron chi connectivity index (χ0n) is 6.60. The Balaban J connectivity index is 3.79. The van der Waals surface area contributed by atoms with E-state index in [0.29, 0.717) is 0 Å². The molecule has 56 valence electrons. The van der Waals surface area contributed by atoms with Crippen LogP contribution in [0.5, 0.6) is 0 Å². The van der Waals surface area contributed by atoms with Crippen molar-refractivity contribution in [2.75, 3.05) is 0 Å². The maximum absolute atomic E-state index is 10.4. The molecule has 0 aliphatic heterocycles. The van der Waals surface area contributed by atoms with Gasteiger partial charge in [-0.2, -0.15) is 0 Å². The second-order valence-electron chi connectivity index (χ2n) is 1.90. The van der Waals surface area contributed by atoms with Gasteiger partial charge in [0.2, 0.25) is 0 Å². The first-order chi connectivity index (χ1) is 4.70. The van der Waals surface area contributed by atoms with Gasteiger partial charge in [-0.05, 0) is 13.3 Å². The first-order valence-electron chi connectivity index (χ1n) is 3.30. The summed E-state index contributed by atoms with van der Waals surface area (Å²) >= 11 is 0. The first-order valence-corrected chi connectivity index (χ1v) is 3.30. The molecule has 2 nitrogen and oxygen atoms in total. The van der Waals surface area contributed by atoms with Crippen LogP contribution in [0.15, 0.2) is 0 Å². The SMILES string of the molecule is CC#CC(CC)OC(C)=O. The molecule has 0 saturated heterocycles. The lowest BCUT2D eigenvalue weighted by Crippen LogP contribution is -2.12. The Morgan fingerprint density at radius 2 is 2.30 bits per heavy atom. The molecule has 0 N–H and O–H groups in total. The molecule has 0 aliphatic rings. The zero-order valence-corrected chi connectivity index (χ0v) is 6.60. The van der Waals surface area contributed by atoms with Crippen molar-refractivity contribution in [2.45, 2.75) is 33.3 Å². The molecule has 0 aromatic rings. The van der Waals surface area contributed by atoms with E-state index in [2.05, 4.69) is 11.8 Å². The third-order valence-electron chi connectivity index (χ3n) is 0.984. The van der Waals surface area contributed by atoms with Crippen LogP contribution in [0.3, 0.4) is 0 Å². The van der Waals surface area contributed by atoms with Crippen LogP contribution in [0.25, 0.3) is 0 Å². The van der Waals surface area contributed by atoms with E-state index >= 15 is 0 Å². The predicted molar refractivity (Wildman–Crippen MR) is 39.3 cm³/mol. The van der Waals surface area contributed by atoms with Gasteiger partial charge in [0.05, 0.1) is 0 Å². The van der Waals surface area contributed by atoms with Crippen LogP contribution in [0.2, 0.25) is 0 Å². The number of hydrogen-bond acceptors (Lipinski definition) is 2. The Hall–Kier alpha value is -0.970. The van der Waals surface area contributed by atoms with E-state index < -0.39 is 0 Å². The lowest BCUT2D eigenvalue weighted by molar-refractivity contribution is -0.143. The van der Waals surface area contributed by atoms with Gasteiger partial charge in [0.1, 0.15) is 0 Å². The van der Waals surface area contributed by atoms with Gasteiger partial charge in [-0.3, -0.25) is 4.79 Å². The summed E-state index contributed by atoms with van der Waals surface area (Å²) in [5, 5.41) is 0. The van der Waals surface area contributed by atoms with Crippen LogP contribution in [0, 0.1) is 11.8 Å². The summed E-state index contributed by atoms with van der Waals surface area (Å²) in [7, 11) is 0. The Morgan fingerprint density at radius 1 is 1.70 bits per heavy atom. The average Bonchev–Trinajstić information content (AvgIpc) is 1.86. The lowest BCUT2D eigenvalue weighted by Gasteiger charge is -2.06. The quantitative estimate of drug-likeness (QED) is 0.427. The van der Waals surface area contributed by atoms with Crippen LogP contribution < -0.4 is 0 Å². The van der Waals surface area contributed by atoms with Gasteiger partial charge in [-0.25, -0.2) is 0 Å². The van der Waals surface area contributed by atoms with Gasteiger partial charge in [-0.15, -0.1) is 5.92 Å². The number of carbonyl (C=O) groups excluding carboxylic acids is 1. The minimum atomic E-state index is -0.269. The number of hydrogen-bond donors (Lipinski definition) is 0. The first kappa shape index (κ1) is 9.03. The van der Waals surface area contributed by atoms with Crippen LogP contribution in [0.4, 0.5) is 0 Å². The molecule has 0 saturated carbocycles. The number of esters is 1. The van der Waals surface area contributed by atoms with Crippen molar-refractivity contribution in [3.8, 4) is 11.8 Å². The topological polar surface area (TPSA) is 26.3 Å². The van der Waals surface area contributed by atoms with Gasteiger partial charge >= 0.3 is 5.97 Å². The normalized spacial score (nSPS) is 11.1.